The second kappa shape index (κ2) is 9.09. The molecule has 4 aromatic carbocycles. The Morgan fingerprint density at radius 2 is 1.51 bits per heavy atom. The summed E-state index contributed by atoms with van der Waals surface area (Å²) in [5, 5.41) is 5.84. The number of halogens is 2. The molecule has 1 aliphatic heterocycles. The summed E-state index contributed by atoms with van der Waals surface area (Å²) in [6.45, 7) is 2.14. The molecule has 2 spiro atoms. The van der Waals surface area contributed by atoms with Crippen LogP contribution in [0, 0.1) is 5.41 Å². The highest BCUT2D eigenvalue weighted by molar-refractivity contribution is 9.10. The third kappa shape index (κ3) is 3.43. The van der Waals surface area contributed by atoms with E-state index in [4.69, 9.17) is 0 Å². The second-order valence-electron chi connectivity index (χ2n) is 11.1. The first-order valence-electron chi connectivity index (χ1n) is 13.5. The molecule has 0 amide bonds. The number of carbonyl (C=O) groups excluding carboxylic acids is 2. The molecule has 4 atom stereocenters. The summed E-state index contributed by atoms with van der Waals surface area (Å²) >= 11 is 7.09. The zero-order valence-corrected chi connectivity index (χ0v) is 24.7. The van der Waals surface area contributed by atoms with Gasteiger partial charge in [0.15, 0.2) is 11.6 Å². The Morgan fingerprint density at radius 3 is 2.23 bits per heavy atom. The maximum atomic E-state index is 15.1. The van der Waals surface area contributed by atoms with E-state index in [-0.39, 0.29) is 23.5 Å². The molecule has 1 saturated heterocycles. The Kier molecular flexibility index (Phi) is 5.85. The van der Waals surface area contributed by atoms with E-state index in [0.29, 0.717) is 12.8 Å². The van der Waals surface area contributed by atoms with E-state index in [2.05, 4.69) is 74.4 Å². The average molecular weight is 641 g/mol. The minimum absolute atomic E-state index is 0.0269. The molecule has 7 rings (SSSR count). The van der Waals surface area contributed by atoms with Crippen LogP contribution in [-0.2, 0) is 10.3 Å². The van der Waals surface area contributed by atoms with E-state index in [1.807, 2.05) is 60.7 Å². The minimum atomic E-state index is -1.12. The Morgan fingerprint density at radius 1 is 0.846 bits per heavy atom. The predicted molar refractivity (Wildman–Crippen MR) is 163 cm³/mol. The van der Waals surface area contributed by atoms with Crippen molar-refractivity contribution in [2.45, 2.75) is 43.7 Å². The number of hydrogen-bond donors (Lipinski definition) is 1. The van der Waals surface area contributed by atoms with Crippen molar-refractivity contribution in [1.82, 2.24) is 5.32 Å². The molecule has 1 N–H and O–H groups in total. The van der Waals surface area contributed by atoms with Gasteiger partial charge in [-0.3, -0.25) is 14.9 Å². The van der Waals surface area contributed by atoms with Crippen molar-refractivity contribution in [3.05, 3.63) is 122 Å². The van der Waals surface area contributed by atoms with Crippen LogP contribution in [0.3, 0.4) is 0 Å². The molecule has 4 aromatic rings. The zero-order chi connectivity index (χ0) is 26.9. The number of allylic oxidation sites excluding steroid dienone is 1. The molecule has 1 unspecified atom stereocenters. The maximum Gasteiger partial charge on any atom is 0.189 e. The smallest absolute Gasteiger partial charge is 0.189 e. The minimum Gasteiger partial charge on any atom is -0.297 e. The van der Waals surface area contributed by atoms with E-state index >= 15 is 4.79 Å². The molecule has 0 aromatic heterocycles. The molecule has 1 heterocycles. The van der Waals surface area contributed by atoms with Crippen LogP contribution >= 0.6 is 31.9 Å². The molecule has 0 radical (unpaired) electrons. The molecule has 3 aliphatic rings. The second-order valence-corrected chi connectivity index (χ2v) is 13.0. The molecular weight excluding hydrogens is 614 g/mol. The lowest BCUT2D eigenvalue weighted by Gasteiger charge is -2.47. The third-order valence-corrected chi connectivity index (χ3v) is 10.2. The summed E-state index contributed by atoms with van der Waals surface area (Å²) in [4.78, 5) is 29.9. The first-order valence-corrected chi connectivity index (χ1v) is 15.1. The van der Waals surface area contributed by atoms with Crippen molar-refractivity contribution in [3.8, 4) is 0 Å². The van der Waals surface area contributed by atoms with E-state index < -0.39 is 11.0 Å². The largest absolute Gasteiger partial charge is 0.297 e. The van der Waals surface area contributed by atoms with E-state index in [1.165, 1.54) is 0 Å². The third-order valence-electron chi connectivity index (χ3n) is 9.19. The van der Waals surface area contributed by atoms with Crippen LogP contribution < -0.4 is 5.32 Å². The molecule has 5 heteroatoms. The summed E-state index contributed by atoms with van der Waals surface area (Å²) < 4.78 is 2.00. The fourth-order valence-electron chi connectivity index (χ4n) is 7.83. The Hall–Kier alpha value is -2.86. The van der Waals surface area contributed by atoms with Crippen LogP contribution in [-0.4, -0.2) is 17.6 Å². The fourth-order valence-corrected chi connectivity index (χ4v) is 8.36. The fraction of sp³-hybridized carbons (Fsp3) is 0.235. The summed E-state index contributed by atoms with van der Waals surface area (Å²) in [5.41, 5.74) is 2.48. The number of fused-ring (bicyclic) bond motifs is 2. The molecule has 1 saturated carbocycles. The standard InChI is InChI=1S/C34H27Br2NO2/c1-20-30(23-12-16-26(36)17-13-23)33(18-4-7-24(31(33)38)19-21-10-14-25(35)15-11-21)34(37-20)28-9-3-6-22-5-2-8-27(29(22)28)32(34)39/h2-3,5-6,8-17,19-20,30,37H,4,7,18H2,1H3/b24-19+/t20?,30-,33+,34+/m1/s1. The quantitative estimate of drug-likeness (QED) is 0.224. The van der Waals surface area contributed by atoms with Crippen LogP contribution in [0.5, 0.6) is 0 Å². The van der Waals surface area contributed by atoms with Gasteiger partial charge in [0, 0.05) is 26.5 Å². The molecule has 2 aliphatic carbocycles. The molecule has 2 fully saturated rings. The Labute approximate surface area is 245 Å². The first kappa shape index (κ1) is 25.1. The molecule has 0 bridgehead atoms. The van der Waals surface area contributed by atoms with Crippen LogP contribution in [0.1, 0.15) is 59.2 Å². The highest BCUT2D eigenvalue weighted by atomic mass is 79.9. The van der Waals surface area contributed by atoms with Gasteiger partial charge in [0.2, 0.25) is 0 Å². The summed E-state index contributed by atoms with van der Waals surface area (Å²) in [6, 6.07) is 28.4. The van der Waals surface area contributed by atoms with Gasteiger partial charge in [0.25, 0.3) is 0 Å². The number of ketones is 2. The van der Waals surface area contributed by atoms with Crippen molar-refractivity contribution in [2.75, 3.05) is 0 Å². The van der Waals surface area contributed by atoms with E-state index in [9.17, 15) is 4.79 Å². The molecule has 194 valence electrons. The van der Waals surface area contributed by atoms with Crippen molar-refractivity contribution < 1.29 is 9.59 Å². The molecular formula is C34H27Br2NO2. The maximum absolute atomic E-state index is 15.1. The van der Waals surface area contributed by atoms with E-state index in [1.54, 1.807) is 0 Å². The van der Waals surface area contributed by atoms with Crippen LogP contribution in [0.15, 0.2) is 99.4 Å². The van der Waals surface area contributed by atoms with Gasteiger partial charge >= 0.3 is 0 Å². The highest BCUT2D eigenvalue weighted by Gasteiger charge is 2.73. The number of Topliss-reactive ketones (excluding diaryl/α,β-unsaturated/α-hetero) is 2. The SMILES string of the molecule is CC1N[C@@]2(C(=O)c3cccc4cccc2c34)[C@@]2(CCC/C(=C\c3ccc(Br)cc3)C2=O)[C@H]1c1ccc(Br)cc1. The average Bonchev–Trinajstić information content (AvgIpc) is 3.34. The van der Waals surface area contributed by atoms with Crippen molar-refractivity contribution >= 4 is 60.3 Å². The van der Waals surface area contributed by atoms with Crippen LogP contribution in [0.2, 0.25) is 0 Å². The lowest BCUT2D eigenvalue weighted by Crippen LogP contribution is -2.59. The number of hydrogen-bond acceptors (Lipinski definition) is 3. The Balaban J connectivity index is 1.50. The lowest BCUT2D eigenvalue weighted by atomic mass is 9.52. The van der Waals surface area contributed by atoms with Gasteiger partial charge in [-0.1, -0.05) is 92.5 Å². The van der Waals surface area contributed by atoms with Gasteiger partial charge in [-0.25, -0.2) is 0 Å². The van der Waals surface area contributed by atoms with Gasteiger partial charge < -0.3 is 0 Å². The highest BCUT2D eigenvalue weighted by Crippen LogP contribution is 2.65. The van der Waals surface area contributed by atoms with Crippen molar-refractivity contribution in [2.24, 2.45) is 5.41 Å². The monoisotopic (exact) mass is 639 g/mol. The van der Waals surface area contributed by atoms with E-state index in [0.717, 1.165) is 54.0 Å². The van der Waals surface area contributed by atoms with Gasteiger partial charge in [0.1, 0.15) is 5.54 Å². The van der Waals surface area contributed by atoms with Crippen molar-refractivity contribution in [1.29, 1.82) is 0 Å². The van der Waals surface area contributed by atoms with Gasteiger partial charge in [-0.15, -0.1) is 0 Å². The number of rotatable bonds is 2. The van der Waals surface area contributed by atoms with Gasteiger partial charge in [-0.05, 0) is 89.6 Å². The summed E-state index contributed by atoms with van der Waals surface area (Å²) in [7, 11) is 0. The molecule has 3 nitrogen and oxygen atoms in total. The normalized spacial score (nSPS) is 28.8. The Bertz CT molecular complexity index is 1690. The summed E-state index contributed by atoms with van der Waals surface area (Å²) in [6.07, 6.45) is 4.24. The van der Waals surface area contributed by atoms with Gasteiger partial charge in [-0.2, -0.15) is 0 Å². The number of nitrogens with one attached hydrogen (secondary N) is 1. The predicted octanol–water partition coefficient (Wildman–Crippen LogP) is 8.35. The van der Waals surface area contributed by atoms with Crippen molar-refractivity contribution in [3.63, 3.8) is 0 Å². The topological polar surface area (TPSA) is 46.2 Å². The first-order chi connectivity index (χ1) is 18.9. The zero-order valence-electron chi connectivity index (χ0n) is 21.5. The lowest BCUT2D eigenvalue weighted by molar-refractivity contribution is -0.130. The number of benzene rings is 4. The van der Waals surface area contributed by atoms with Crippen LogP contribution in [0.25, 0.3) is 16.8 Å². The van der Waals surface area contributed by atoms with Crippen LogP contribution in [0.4, 0.5) is 0 Å². The van der Waals surface area contributed by atoms with Gasteiger partial charge in [0.05, 0.1) is 5.41 Å². The number of carbonyl (C=O) groups is 2. The summed E-state index contributed by atoms with van der Waals surface area (Å²) in [5.74, 6) is -0.0427. The molecule has 39 heavy (non-hydrogen) atoms.